The minimum absolute atomic E-state index is 0.366. The molecule has 0 fully saturated rings. The average molecular weight is 308 g/mol. The molecule has 6 nitrogen and oxygen atoms in total. The van der Waals surface area contributed by atoms with Gasteiger partial charge in [0.15, 0.2) is 0 Å². The third kappa shape index (κ3) is 3.16. The number of carbonyl (C=O) groups excluding carboxylic acids is 2. The van der Waals surface area contributed by atoms with Crippen molar-refractivity contribution in [1.82, 2.24) is 20.0 Å². The quantitative estimate of drug-likeness (QED) is 0.726. The van der Waals surface area contributed by atoms with Crippen LogP contribution in [-0.2, 0) is 7.05 Å². The molecule has 0 saturated heterocycles. The first-order valence-electron chi connectivity index (χ1n) is 7.10. The zero-order chi connectivity index (χ0) is 16.2. The van der Waals surface area contributed by atoms with E-state index < -0.39 is 0 Å². The van der Waals surface area contributed by atoms with E-state index in [-0.39, 0.29) is 11.8 Å². The van der Waals surface area contributed by atoms with E-state index in [0.29, 0.717) is 11.3 Å². The largest absolute Gasteiger partial charge is 0.347 e. The van der Waals surface area contributed by atoms with Crippen LogP contribution in [0, 0.1) is 0 Å². The van der Waals surface area contributed by atoms with E-state index in [1.807, 2.05) is 41.2 Å². The second-order valence-corrected chi connectivity index (χ2v) is 5.05. The summed E-state index contributed by atoms with van der Waals surface area (Å²) in [6.45, 7) is 0. The Morgan fingerprint density at radius 1 is 0.826 bits per heavy atom. The van der Waals surface area contributed by atoms with Gasteiger partial charge in [0.25, 0.3) is 11.8 Å². The molecule has 0 unspecified atom stereocenters. The SMILES string of the molecule is Cn1cccc1C(=O)NNC(=O)c1ccc(-n2cccc2)cc1. The Bertz CT molecular complexity index is 817. The first-order valence-corrected chi connectivity index (χ1v) is 7.10. The van der Waals surface area contributed by atoms with Crippen LogP contribution >= 0.6 is 0 Å². The number of hydrazine groups is 1. The van der Waals surface area contributed by atoms with Crippen molar-refractivity contribution in [2.24, 2.45) is 7.05 Å². The second kappa shape index (κ2) is 6.23. The van der Waals surface area contributed by atoms with Crippen LogP contribution in [0.4, 0.5) is 0 Å². The molecule has 0 aliphatic carbocycles. The summed E-state index contributed by atoms with van der Waals surface area (Å²) in [5.74, 6) is -0.735. The highest BCUT2D eigenvalue weighted by molar-refractivity contribution is 5.98. The van der Waals surface area contributed by atoms with Crippen molar-refractivity contribution in [1.29, 1.82) is 0 Å². The van der Waals surface area contributed by atoms with E-state index in [1.165, 1.54) is 0 Å². The van der Waals surface area contributed by atoms with E-state index in [0.717, 1.165) is 5.69 Å². The number of aromatic nitrogens is 2. The summed E-state index contributed by atoms with van der Waals surface area (Å²) < 4.78 is 3.62. The van der Waals surface area contributed by atoms with Crippen LogP contribution in [0.5, 0.6) is 0 Å². The molecule has 0 aliphatic rings. The second-order valence-electron chi connectivity index (χ2n) is 5.05. The topological polar surface area (TPSA) is 68.1 Å². The fraction of sp³-hybridized carbons (Fsp3) is 0.0588. The Morgan fingerprint density at radius 2 is 1.48 bits per heavy atom. The normalized spacial score (nSPS) is 10.3. The summed E-state index contributed by atoms with van der Waals surface area (Å²) in [6, 6.07) is 14.4. The van der Waals surface area contributed by atoms with Gasteiger partial charge in [-0.2, -0.15) is 0 Å². The van der Waals surface area contributed by atoms with Crippen molar-refractivity contribution >= 4 is 11.8 Å². The van der Waals surface area contributed by atoms with Gasteiger partial charge in [-0.05, 0) is 48.5 Å². The standard InChI is InChI=1S/C17H16N4O2/c1-20-10-4-5-15(20)17(23)19-18-16(22)13-6-8-14(9-7-13)21-11-2-3-12-21/h2-12H,1H3,(H,18,22)(H,19,23). The van der Waals surface area contributed by atoms with Gasteiger partial charge in [0.1, 0.15) is 5.69 Å². The van der Waals surface area contributed by atoms with Crippen LogP contribution in [0.2, 0.25) is 0 Å². The average Bonchev–Trinajstić information content (AvgIpc) is 3.24. The van der Waals surface area contributed by atoms with Crippen LogP contribution in [-0.4, -0.2) is 20.9 Å². The van der Waals surface area contributed by atoms with Crippen LogP contribution in [0.3, 0.4) is 0 Å². The molecule has 3 rings (SSSR count). The van der Waals surface area contributed by atoms with Gasteiger partial charge >= 0.3 is 0 Å². The molecule has 23 heavy (non-hydrogen) atoms. The number of carbonyl (C=O) groups is 2. The summed E-state index contributed by atoms with van der Waals surface area (Å²) >= 11 is 0. The fourth-order valence-electron chi connectivity index (χ4n) is 2.24. The molecule has 2 N–H and O–H groups in total. The molecule has 1 aromatic carbocycles. The lowest BCUT2D eigenvalue weighted by Gasteiger charge is -2.09. The molecule has 2 aromatic heterocycles. The van der Waals surface area contributed by atoms with Gasteiger partial charge in [0.2, 0.25) is 0 Å². The Balaban J connectivity index is 1.62. The summed E-state index contributed by atoms with van der Waals surface area (Å²) in [7, 11) is 1.76. The van der Waals surface area contributed by atoms with Crippen LogP contribution in [0.1, 0.15) is 20.8 Å². The van der Waals surface area contributed by atoms with E-state index >= 15 is 0 Å². The smallest absolute Gasteiger partial charge is 0.286 e. The first-order chi connectivity index (χ1) is 11.1. The van der Waals surface area contributed by atoms with Crippen molar-refractivity contribution in [3.8, 4) is 5.69 Å². The zero-order valence-electron chi connectivity index (χ0n) is 12.6. The van der Waals surface area contributed by atoms with E-state index in [2.05, 4.69) is 10.9 Å². The van der Waals surface area contributed by atoms with Gasteiger partial charge in [0.05, 0.1) is 0 Å². The molecular weight excluding hydrogens is 292 g/mol. The van der Waals surface area contributed by atoms with Gasteiger partial charge in [-0.15, -0.1) is 0 Å². The first kappa shape index (κ1) is 14.6. The third-order valence-electron chi connectivity index (χ3n) is 3.50. The highest BCUT2D eigenvalue weighted by Crippen LogP contribution is 2.09. The van der Waals surface area contributed by atoms with E-state index in [1.54, 1.807) is 42.1 Å². The highest BCUT2D eigenvalue weighted by atomic mass is 16.2. The number of benzene rings is 1. The molecule has 0 saturated carbocycles. The molecule has 0 radical (unpaired) electrons. The molecule has 2 heterocycles. The number of nitrogens with one attached hydrogen (secondary N) is 2. The van der Waals surface area contributed by atoms with Crippen molar-refractivity contribution in [2.75, 3.05) is 0 Å². The van der Waals surface area contributed by atoms with Crippen LogP contribution < -0.4 is 10.9 Å². The Labute approximate surface area is 133 Å². The lowest BCUT2D eigenvalue weighted by molar-refractivity contribution is 0.0842. The van der Waals surface area contributed by atoms with Gasteiger partial charge in [-0.25, -0.2) is 0 Å². The van der Waals surface area contributed by atoms with Crippen molar-refractivity contribution < 1.29 is 9.59 Å². The Kier molecular flexibility index (Phi) is 3.97. The predicted octanol–water partition coefficient (Wildman–Crippen LogP) is 1.89. The fourth-order valence-corrected chi connectivity index (χ4v) is 2.24. The number of amides is 2. The van der Waals surface area contributed by atoms with Gasteiger partial charge in [-0.1, -0.05) is 0 Å². The van der Waals surface area contributed by atoms with Gasteiger partial charge < -0.3 is 9.13 Å². The zero-order valence-corrected chi connectivity index (χ0v) is 12.6. The number of aryl methyl sites for hydroxylation is 1. The van der Waals surface area contributed by atoms with E-state index in [9.17, 15) is 9.59 Å². The molecule has 116 valence electrons. The number of hydrogen-bond donors (Lipinski definition) is 2. The molecule has 2 amide bonds. The monoisotopic (exact) mass is 308 g/mol. The van der Waals surface area contributed by atoms with Crippen molar-refractivity contribution in [3.63, 3.8) is 0 Å². The van der Waals surface area contributed by atoms with Crippen molar-refractivity contribution in [3.05, 3.63) is 78.4 Å². The number of nitrogens with zero attached hydrogens (tertiary/aromatic N) is 2. The Hall–Kier alpha value is -3.28. The molecule has 3 aromatic rings. The summed E-state index contributed by atoms with van der Waals surface area (Å²) in [4.78, 5) is 24.0. The lowest BCUT2D eigenvalue weighted by atomic mass is 10.2. The maximum atomic E-state index is 12.1. The minimum Gasteiger partial charge on any atom is -0.347 e. The minimum atomic E-state index is -0.369. The third-order valence-corrected chi connectivity index (χ3v) is 3.50. The maximum absolute atomic E-state index is 12.1. The van der Waals surface area contributed by atoms with Gasteiger partial charge in [0, 0.05) is 36.9 Å². The number of rotatable bonds is 3. The van der Waals surface area contributed by atoms with E-state index in [4.69, 9.17) is 0 Å². The van der Waals surface area contributed by atoms with Crippen molar-refractivity contribution in [2.45, 2.75) is 0 Å². The molecule has 0 bridgehead atoms. The molecular formula is C17H16N4O2. The molecule has 0 atom stereocenters. The van der Waals surface area contributed by atoms with Crippen LogP contribution in [0.25, 0.3) is 5.69 Å². The highest BCUT2D eigenvalue weighted by Gasteiger charge is 2.11. The lowest BCUT2D eigenvalue weighted by Crippen LogP contribution is -2.42. The van der Waals surface area contributed by atoms with Gasteiger partial charge in [-0.3, -0.25) is 20.4 Å². The predicted molar refractivity (Wildman–Crippen MR) is 86.1 cm³/mol. The molecule has 0 aliphatic heterocycles. The summed E-state index contributed by atoms with van der Waals surface area (Å²) in [5, 5.41) is 0. The number of hydrogen-bond acceptors (Lipinski definition) is 2. The molecule has 6 heteroatoms. The summed E-state index contributed by atoms with van der Waals surface area (Å²) in [5.41, 5.74) is 6.70. The Morgan fingerprint density at radius 3 is 2.09 bits per heavy atom. The summed E-state index contributed by atoms with van der Waals surface area (Å²) in [6.07, 6.45) is 5.61. The van der Waals surface area contributed by atoms with Crippen LogP contribution in [0.15, 0.2) is 67.1 Å². The maximum Gasteiger partial charge on any atom is 0.286 e. The molecule has 0 spiro atoms.